The fraction of sp³-hybridized carbons (Fsp3) is 0.316. The van der Waals surface area contributed by atoms with Crippen molar-refractivity contribution >= 4 is 29.0 Å². The Morgan fingerprint density at radius 1 is 1.10 bits per heavy atom. The van der Waals surface area contributed by atoms with Gasteiger partial charge in [0.15, 0.2) is 0 Å². The molecule has 1 saturated heterocycles. The molecule has 0 unspecified atom stereocenters. The van der Waals surface area contributed by atoms with Gasteiger partial charge < -0.3 is 9.80 Å². The maximum absolute atomic E-state index is 13.9. The van der Waals surface area contributed by atoms with E-state index >= 15 is 0 Å². The Morgan fingerprint density at radius 2 is 1.77 bits per heavy atom. The van der Waals surface area contributed by atoms with Crippen molar-refractivity contribution in [1.29, 1.82) is 0 Å². The van der Waals surface area contributed by atoms with Gasteiger partial charge >= 0.3 is 6.18 Å². The lowest BCUT2D eigenvalue weighted by Crippen LogP contribution is -2.49. The zero-order chi connectivity index (χ0) is 21.9. The second-order valence-electron chi connectivity index (χ2n) is 6.55. The van der Waals surface area contributed by atoms with E-state index in [4.69, 9.17) is 0 Å². The van der Waals surface area contributed by atoms with Crippen LogP contribution in [0.15, 0.2) is 47.4 Å². The lowest BCUT2D eigenvalue weighted by molar-refractivity contribution is -0.388. The molecule has 6 nitrogen and oxygen atoms in total. The molecule has 1 heterocycles. The minimum atomic E-state index is -4.69. The summed E-state index contributed by atoms with van der Waals surface area (Å²) in [5.41, 5.74) is -1.35. The van der Waals surface area contributed by atoms with Crippen LogP contribution in [0.2, 0.25) is 0 Å². The molecule has 0 saturated carbocycles. The number of alkyl halides is 3. The Balaban J connectivity index is 1.60. The second kappa shape index (κ2) is 8.90. The average molecular weight is 443 g/mol. The first-order valence-electron chi connectivity index (χ1n) is 8.92. The Bertz CT molecular complexity index is 947. The smallest absolute Gasteiger partial charge is 0.366 e. The van der Waals surface area contributed by atoms with Gasteiger partial charge in [0.25, 0.3) is 5.69 Å². The average Bonchev–Trinajstić information content (AvgIpc) is 2.71. The normalized spacial score (nSPS) is 14.7. The summed E-state index contributed by atoms with van der Waals surface area (Å²) in [5, 5.41) is 11.1. The maximum atomic E-state index is 13.9. The van der Waals surface area contributed by atoms with E-state index in [0.29, 0.717) is 37.9 Å². The number of carbonyl (C=O) groups is 1. The number of anilines is 1. The molecule has 3 rings (SSSR count). The van der Waals surface area contributed by atoms with Crippen molar-refractivity contribution in [3.8, 4) is 0 Å². The number of nitro benzene ring substituents is 1. The molecule has 30 heavy (non-hydrogen) atoms. The fourth-order valence-corrected chi connectivity index (χ4v) is 4.00. The van der Waals surface area contributed by atoms with E-state index in [1.165, 1.54) is 6.07 Å². The van der Waals surface area contributed by atoms with E-state index in [-0.39, 0.29) is 22.4 Å². The molecule has 160 valence electrons. The lowest BCUT2D eigenvalue weighted by Gasteiger charge is -2.36. The van der Waals surface area contributed by atoms with Crippen LogP contribution in [0, 0.1) is 15.9 Å². The van der Waals surface area contributed by atoms with Gasteiger partial charge in [-0.25, -0.2) is 4.39 Å². The first kappa shape index (κ1) is 21.9. The number of para-hydroxylation sites is 1. The number of piperazine rings is 1. The Morgan fingerprint density at radius 3 is 2.37 bits per heavy atom. The van der Waals surface area contributed by atoms with Crippen LogP contribution in [-0.2, 0) is 11.0 Å². The number of amides is 1. The van der Waals surface area contributed by atoms with Gasteiger partial charge in [-0.1, -0.05) is 12.1 Å². The number of benzene rings is 2. The molecule has 2 aromatic carbocycles. The molecule has 1 aliphatic heterocycles. The summed E-state index contributed by atoms with van der Waals surface area (Å²) in [6.45, 7) is 1.56. The Labute approximate surface area is 173 Å². The van der Waals surface area contributed by atoms with E-state index in [9.17, 15) is 32.5 Å². The van der Waals surface area contributed by atoms with E-state index in [0.717, 1.165) is 23.9 Å². The van der Waals surface area contributed by atoms with Gasteiger partial charge in [0.05, 0.1) is 26.8 Å². The number of halogens is 4. The van der Waals surface area contributed by atoms with Crippen LogP contribution in [0.3, 0.4) is 0 Å². The maximum Gasteiger partial charge on any atom is 0.416 e. The highest BCUT2D eigenvalue weighted by molar-refractivity contribution is 8.00. The first-order valence-corrected chi connectivity index (χ1v) is 9.91. The number of hydrogen-bond donors (Lipinski definition) is 0. The van der Waals surface area contributed by atoms with Gasteiger partial charge in [-0.2, -0.15) is 13.2 Å². The molecule has 0 bridgehead atoms. The molecule has 0 radical (unpaired) electrons. The third-order valence-electron chi connectivity index (χ3n) is 4.66. The van der Waals surface area contributed by atoms with E-state index in [1.54, 1.807) is 23.1 Å². The van der Waals surface area contributed by atoms with Crippen LogP contribution in [0.4, 0.5) is 28.9 Å². The van der Waals surface area contributed by atoms with Crippen molar-refractivity contribution in [2.75, 3.05) is 36.8 Å². The lowest BCUT2D eigenvalue weighted by atomic mass is 10.2. The monoisotopic (exact) mass is 443 g/mol. The minimum Gasteiger partial charge on any atom is -0.366 e. The van der Waals surface area contributed by atoms with Gasteiger partial charge in [0, 0.05) is 32.2 Å². The molecule has 2 aromatic rings. The van der Waals surface area contributed by atoms with E-state index < -0.39 is 22.4 Å². The molecule has 0 N–H and O–H groups in total. The van der Waals surface area contributed by atoms with Crippen LogP contribution in [0.5, 0.6) is 0 Å². The highest BCUT2D eigenvalue weighted by atomic mass is 32.2. The topological polar surface area (TPSA) is 66.7 Å². The number of rotatable bonds is 5. The highest BCUT2D eigenvalue weighted by Crippen LogP contribution is 2.36. The predicted octanol–water partition coefficient (Wildman–Crippen LogP) is 4.19. The van der Waals surface area contributed by atoms with Crippen LogP contribution < -0.4 is 4.90 Å². The van der Waals surface area contributed by atoms with Crippen LogP contribution in [0.25, 0.3) is 0 Å². The molecule has 1 amide bonds. The van der Waals surface area contributed by atoms with Gasteiger partial charge in [-0.3, -0.25) is 14.9 Å². The molecule has 0 aromatic heterocycles. The Kier molecular flexibility index (Phi) is 6.49. The standard InChI is InChI=1S/C19H17F4N3O3S/c20-14-3-1-2-4-15(14)24-7-9-25(10-8-24)18(27)12-30-17-6-5-13(19(21,22)23)11-16(17)26(28)29/h1-6,11H,7-10,12H2. The molecular formula is C19H17F4N3O3S. The summed E-state index contributed by atoms with van der Waals surface area (Å²) >= 11 is 0.822. The van der Waals surface area contributed by atoms with Crippen LogP contribution >= 0.6 is 11.8 Å². The molecule has 0 atom stereocenters. The highest BCUT2D eigenvalue weighted by Gasteiger charge is 2.33. The van der Waals surface area contributed by atoms with E-state index in [1.807, 2.05) is 4.90 Å². The summed E-state index contributed by atoms with van der Waals surface area (Å²) in [5.74, 6) is -0.781. The number of thioether (sulfide) groups is 1. The predicted molar refractivity (Wildman–Crippen MR) is 104 cm³/mol. The van der Waals surface area contributed by atoms with Gasteiger partial charge in [-0.05, 0) is 24.3 Å². The van der Waals surface area contributed by atoms with Crippen molar-refractivity contribution < 1.29 is 27.3 Å². The summed E-state index contributed by atoms with van der Waals surface area (Å²) in [6.07, 6.45) is -4.69. The van der Waals surface area contributed by atoms with Gasteiger partial charge in [0.1, 0.15) is 5.82 Å². The first-order chi connectivity index (χ1) is 14.2. The molecule has 0 aliphatic carbocycles. The van der Waals surface area contributed by atoms with Crippen molar-refractivity contribution in [3.05, 3.63) is 64.0 Å². The fourth-order valence-electron chi connectivity index (χ4n) is 3.09. The largest absolute Gasteiger partial charge is 0.416 e. The van der Waals surface area contributed by atoms with Crippen LogP contribution in [0.1, 0.15) is 5.56 Å². The third-order valence-corrected chi connectivity index (χ3v) is 5.71. The van der Waals surface area contributed by atoms with Crippen molar-refractivity contribution in [1.82, 2.24) is 4.90 Å². The Hall–Kier alpha value is -2.82. The quantitative estimate of drug-likeness (QED) is 0.300. The zero-order valence-corrected chi connectivity index (χ0v) is 16.4. The zero-order valence-electron chi connectivity index (χ0n) is 15.6. The molecule has 1 fully saturated rings. The molecule has 1 aliphatic rings. The number of carbonyl (C=O) groups excluding carboxylic acids is 1. The third kappa shape index (κ3) is 5.02. The van der Waals surface area contributed by atoms with Crippen molar-refractivity contribution in [2.24, 2.45) is 0 Å². The van der Waals surface area contributed by atoms with E-state index in [2.05, 4.69) is 0 Å². The number of nitrogens with zero attached hydrogens (tertiary/aromatic N) is 3. The number of hydrogen-bond acceptors (Lipinski definition) is 5. The second-order valence-corrected chi connectivity index (χ2v) is 7.56. The van der Waals surface area contributed by atoms with Gasteiger partial charge in [-0.15, -0.1) is 11.8 Å². The number of nitro groups is 1. The van der Waals surface area contributed by atoms with Crippen molar-refractivity contribution in [2.45, 2.75) is 11.1 Å². The summed E-state index contributed by atoms with van der Waals surface area (Å²) in [4.78, 5) is 26.1. The minimum absolute atomic E-state index is 0.00802. The summed E-state index contributed by atoms with van der Waals surface area (Å²) < 4.78 is 52.2. The summed E-state index contributed by atoms with van der Waals surface area (Å²) in [6, 6.07) is 8.58. The molecule has 0 spiro atoms. The summed E-state index contributed by atoms with van der Waals surface area (Å²) in [7, 11) is 0. The SMILES string of the molecule is O=C(CSc1ccc(C(F)(F)F)cc1[N+](=O)[O-])N1CCN(c2ccccc2F)CC1. The molecular weight excluding hydrogens is 426 g/mol. The van der Waals surface area contributed by atoms with Crippen LogP contribution in [-0.4, -0.2) is 47.7 Å². The van der Waals surface area contributed by atoms with Gasteiger partial charge in [0.2, 0.25) is 5.91 Å². The molecule has 11 heteroatoms. The van der Waals surface area contributed by atoms with Crippen molar-refractivity contribution in [3.63, 3.8) is 0 Å².